The number of benzene rings is 3. The third-order valence-corrected chi connectivity index (χ3v) is 6.27. The van der Waals surface area contributed by atoms with E-state index < -0.39 is 0 Å². The first kappa shape index (κ1) is 15.6. The lowest BCUT2D eigenvalue weighted by molar-refractivity contribution is 1.18. The molecule has 2 nitrogen and oxygen atoms in total. The zero-order valence-electron chi connectivity index (χ0n) is 15.0. The van der Waals surface area contributed by atoms with Crippen molar-refractivity contribution in [2.45, 2.75) is 0 Å². The predicted octanol–water partition coefficient (Wildman–Crippen LogP) is 7.06. The highest BCUT2D eigenvalue weighted by molar-refractivity contribution is 7.18. The molecule has 3 aromatic carbocycles. The van der Waals surface area contributed by atoms with Crippen LogP contribution in [0.15, 0.2) is 96.5 Å². The number of thiophene rings is 1. The number of rotatable bonds is 2. The summed E-state index contributed by atoms with van der Waals surface area (Å²) < 4.78 is 3.73. The number of pyridine rings is 1. The van der Waals surface area contributed by atoms with Crippen molar-refractivity contribution in [2.75, 3.05) is 0 Å². The molecule has 132 valence electrons. The molecule has 0 bridgehead atoms. The number of aromatic nitrogens is 2. The fourth-order valence-corrected chi connectivity index (χ4v) is 5.05. The highest BCUT2D eigenvalue weighted by atomic mass is 32.1. The van der Waals surface area contributed by atoms with Crippen LogP contribution in [0.1, 0.15) is 0 Å². The average molecular weight is 376 g/mol. The maximum absolute atomic E-state index is 4.52. The van der Waals surface area contributed by atoms with E-state index in [2.05, 4.69) is 87.7 Å². The maximum atomic E-state index is 4.52. The van der Waals surface area contributed by atoms with Crippen molar-refractivity contribution in [2.24, 2.45) is 0 Å². The highest BCUT2D eigenvalue weighted by Gasteiger charge is 2.15. The fourth-order valence-electron chi connectivity index (χ4n) is 4.09. The SMILES string of the molecule is c1ccc(-c2cccc(-n3c4ccccc4c4c5sccc5ccc43)c2)nc1. The minimum atomic E-state index is 0.991. The molecule has 3 heterocycles. The lowest BCUT2D eigenvalue weighted by atomic mass is 10.1. The van der Waals surface area contributed by atoms with Gasteiger partial charge in [-0.05, 0) is 53.2 Å². The van der Waals surface area contributed by atoms with Gasteiger partial charge in [-0.3, -0.25) is 4.98 Å². The van der Waals surface area contributed by atoms with Gasteiger partial charge in [0.1, 0.15) is 0 Å². The van der Waals surface area contributed by atoms with Crippen LogP contribution in [0.3, 0.4) is 0 Å². The second-order valence-corrected chi connectivity index (χ2v) is 7.83. The van der Waals surface area contributed by atoms with Crippen molar-refractivity contribution < 1.29 is 0 Å². The summed E-state index contributed by atoms with van der Waals surface area (Å²) in [5.74, 6) is 0. The van der Waals surface area contributed by atoms with Crippen LogP contribution < -0.4 is 0 Å². The van der Waals surface area contributed by atoms with Gasteiger partial charge in [-0.2, -0.15) is 0 Å². The van der Waals surface area contributed by atoms with E-state index >= 15 is 0 Å². The minimum Gasteiger partial charge on any atom is -0.309 e. The maximum Gasteiger partial charge on any atom is 0.0702 e. The van der Waals surface area contributed by atoms with Crippen LogP contribution in [0, 0.1) is 0 Å². The van der Waals surface area contributed by atoms with Gasteiger partial charge in [-0.1, -0.05) is 42.5 Å². The molecular formula is C25H16N2S. The molecule has 0 fully saturated rings. The molecule has 0 aliphatic rings. The smallest absolute Gasteiger partial charge is 0.0702 e. The summed E-state index contributed by atoms with van der Waals surface area (Å²) in [6.45, 7) is 0. The van der Waals surface area contributed by atoms with E-state index in [9.17, 15) is 0 Å². The zero-order chi connectivity index (χ0) is 18.5. The van der Waals surface area contributed by atoms with Crippen LogP contribution >= 0.6 is 11.3 Å². The molecule has 28 heavy (non-hydrogen) atoms. The quantitative estimate of drug-likeness (QED) is 0.316. The van der Waals surface area contributed by atoms with Crippen LogP contribution in [0.2, 0.25) is 0 Å². The van der Waals surface area contributed by atoms with E-state index in [-0.39, 0.29) is 0 Å². The highest BCUT2D eigenvalue weighted by Crippen LogP contribution is 2.39. The van der Waals surface area contributed by atoms with Crippen molar-refractivity contribution in [1.82, 2.24) is 9.55 Å². The molecule has 0 N–H and O–H groups in total. The van der Waals surface area contributed by atoms with Crippen molar-refractivity contribution in [3.8, 4) is 16.9 Å². The molecule has 0 saturated carbocycles. The summed E-state index contributed by atoms with van der Waals surface area (Å²) in [4.78, 5) is 4.52. The van der Waals surface area contributed by atoms with Crippen LogP contribution in [0.4, 0.5) is 0 Å². The first-order chi connectivity index (χ1) is 13.9. The largest absolute Gasteiger partial charge is 0.309 e. The Kier molecular flexibility index (Phi) is 3.37. The molecule has 3 aromatic heterocycles. The van der Waals surface area contributed by atoms with E-state index in [0.29, 0.717) is 0 Å². The van der Waals surface area contributed by atoms with Gasteiger partial charge >= 0.3 is 0 Å². The summed E-state index contributed by atoms with van der Waals surface area (Å²) in [5.41, 5.74) is 5.75. The molecule has 0 aliphatic heterocycles. The van der Waals surface area contributed by atoms with Gasteiger partial charge < -0.3 is 4.57 Å². The Hall–Kier alpha value is -3.43. The van der Waals surface area contributed by atoms with Gasteiger partial charge in [0.05, 0.1) is 16.7 Å². The third-order valence-electron chi connectivity index (χ3n) is 5.32. The first-order valence-electron chi connectivity index (χ1n) is 9.31. The molecule has 0 unspecified atom stereocenters. The number of hydrogen-bond acceptors (Lipinski definition) is 2. The fraction of sp³-hybridized carbons (Fsp3) is 0. The topological polar surface area (TPSA) is 17.8 Å². The van der Waals surface area contributed by atoms with Gasteiger partial charge in [0.2, 0.25) is 0 Å². The summed E-state index contributed by atoms with van der Waals surface area (Å²) in [6.07, 6.45) is 1.84. The monoisotopic (exact) mass is 376 g/mol. The Morgan fingerprint density at radius 2 is 1.68 bits per heavy atom. The first-order valence-corrected chi connectivity index (χ1v) is 10.2. The third kappa shape index (κ3) is 2.23. The second kappa shape index (κ2) is 6.04. The molecule has 6 aromatic rings. The number of fused-ring (bicyclic) bond motifs is 5. The van der Waals surface area contributed by atoms with E-state index in [1.54, 1.807) is 0 Å². The van der Waals surface area contributed by atoms with Gasteiger partial charge in [-0.25, -0.2) is 0 Å². The average Bonchev–Trinajstić information content (AvgIpc) is 3.36. The molecule has 0 atom stereocenters. The van der Waals surface area contributed by atoms with Crippen molar-refractivity contribution in [3.63, 3.8) is 0 Å². The Morgan fingerprint density at radius 1 is 0.750 bits per heavy atom. The van der Waals surface area contributed by atoms with Crippen molar-refractivity contribution >= 4 is 43.2 Å². The van der Waals surface area contributed by atoms with Crippen LogP contribution in [0.5, 0.6) is 0 Å². The van der Waals surface area contributed by atoms with Crippen molar-refractivity contribution in [3.05, 3.63) is 96.5 Å². The Balaban J connectivity index is 1.71. The molecule has 3 heteroatoms. The normalized spacial score (nSPS) is 11.6. The number of para-hydroxylation sites is 1. The van der Waals surface area contributed by atoms with Gasteiger partial charge in [0, 0.05) is 32.9 Å². The molecular weight excluding hydrogens is 360 g/mol. The van der Waals surface area contributed by atoms with Crippen LogP contribution in [-0.2, 0) is 0 Å². The molecule has 6 rings (SSSR count). The summed E-state index contributed by atoms with van der Waals surface area (Å²) >= 11 is 1.82. The Labute approximate surface area is 166 Å². The van der Waals surface area contributed by atoms with Gasteiger partial charge in [0.15, 0.2) is 0 Å². The standard InChI is InChI=1S/C25H16N2S/c1-2-10-22-20(8-1)24-23(12-11-17-13-15-28-25(17)24)27(22)19-7-5-6-18(16-19)21-9-3-4-14-26-21/h1-16H. The predicted molar refractivity (Wildman–Crippen MR) is 119 cm³/mol. The number of hydrogen-bond donors (Lipinski definition) is 0. The lowest BCUT2D eigenvalue weighted by Crippen LogP contribution is -1.94. The summed E-state index contributed by atoms with van der Waals surface area (Å²) in [7, 11) is 0. The molecule has 0 radical (unpaired) electrons. The Bertz CT molecular complexity index is 1460. The number of nitrogens with zero attached hydrogens (tertiary/aromatic N) is 2. The summed E-state index contributed by atoms with van der Waals surface area (Å²) in [5, 5.41) is 6.13. The van der Waals surface area contributed by atoms with E-state index in [4.69, 9.17) is 0 Å². The lowest BCUT2D eigenvalue weighted by Gasteiger charge is -2.10. The molecule has 0 saturated heterocycles. The zero-order valence-corrected chi connectivity index (χ0v) is 15.9. The molecule has 0 aliphatic carbocycles. The van der Waals surface area contributed by atoms with Crippen molar-refractivity contribution in [1.29, 1.82) is 0 Å². The molecule has 0 amide bonds. The summed E-state index contributed by atoms with van der Waals surface area (Å²) in [6, 6.07) is 30.0. The Morgan fingerprint density at radius 3 is 2.61 bits per heavy atom. The second-order valence-electron chi connectivity index (χ2n) is 6.92. The van der Waals surface area contributed by atoms with Gasteiger partial charge in [-0.15, -0.1) is 11.3 Å². The van der Waals surface area contributed by atoms with E-state index in [1.807, 2.05) is 29.7 Å². The van der Waals surface area contributed by atoms with Crippen LogP contribution in [-0.4, -0.2) is 9.55 Å². The minimum absolute atomic E-state index is 0.991. The van der Waals surface area contributed by atoms with Crippen LogP contribution in [0.25, 0.3) is 48.8 Å². The van der Waals surface area contributed by atoms with E-state index in [0.717, 1.165) is 16.9 Å². The molecule has 0 spiro atoms. The van der Waals surface area contributed by atoms with Gasteiger partial charge in [0.25, 0.3) is 0 Å². The van der Waals surface area contributed by atoms with E-state index in [1.165, 1.54) is 31.9 Å².